The van der Waals surface area contributed by atoms with Gasteiger partial charge in [-0.25, -0.2) is 5.06 Å². The van der Waals surface area contributed by atoms with E-state index < -0.39 is 5.37 Å². The number of carbonyl (C=O) groups is 1. The number of halogens is 1. The number of hydrogen-bond donors (Lipinski definition) is 0. The molecule has 0 aliphatic carbocycles. The Labute approximate surface area is 92.9 Å². The van der Waals surface area contributed by atoms with Gasteiger partial charge in [-0.2, -0.15) is 0 Å². The van der Waals surface area contributed by atoms with Crippen molar-refractivity contribution in [1.29, 1.82) is 0 Å². The minimum atomic E-state index is -0.585. The van der Waals surface area contributed by atoms with Crippen molar-refractivity contribution in [2.24, 2.45) is 0 Å². The molecule has 1 amide bonds. The van der Waals surface area contributed by atoms with E-state index in [0.717, 1.165) is 16.2 Å². The normalized spacial score (nSPS) is 16.1. The third kappa shape index (κ3) is 2.37. The molecule has 0 bridgehead atoms. The molecule has 0 saturated heterocycles. The highest BCUT2D eigenvalue weighted by Gasteiger charge is 2.16. The van der Waals surface area contributed by atoms with Gasteiger partial charge in [0.05, 0.1) is 6.54 Å². The van der Waals surface area contributed by atoms with Crippen molar-refractivity contribution < 1.29 is 9.63 Å². The maximum Gasteiger partial charge on any atom is 0.340 e. The maximum atomic E-state index is 10.8. The van der Waals surface area contributed by atoms with Crippen LogP contribution in [0.5, 0.6) is 0 Å². The van der Waals surface area contributed by atoms with Crippen molar-refractivity contribution in [3.63, 3.8) is 0 Å². The zero-order chi connectivity index (χ0) is 10.7. The third-order valence-corrected chi connectivity index (χ3v) is 2.41. The highest BCUT2D eigenvalue weighted by Crippen LogP contribution is 2.19. The minimum absolute atomic E-state index is 0.377. The largest absolute Gasteiger partial charge is 0.340 e. The Balaban J connectivity index is 2.12. The third-order valence-electron chi connectivity index (χ3n) is 2.22. The topological polar surface area (TPSA) is 29.5 Å². The molecule has 0 unspecified atom stereocenters. The fourth-order valence-electron chi connectivity index (χ4n) is 1.43. The van der Waals surface area contributed by atoms with Crippen LogP contribution in [0, 0.1) is 0 Å². The van der Waals surface area contributed by atoms with Crippen molar-refractivity contribution in [3.05, 3.63) is 42.0 Å². The summed E-state index contributed by atoms with van der Waals surface area (Å²) in [4.78, 5) is 16.0. The van der Waals surface area contributed by atoms with Gasteiger partial charge in [-0.3, -0.25) is 9.63 Å². The van der Waals surface area contributed by atoms with Gasteiger partial charge in [0.2, 0.25) is 0 Å². The highest BCUT2D eigenvalue weighted by atomic mass is 35.5. The van der Waals surface area contributed by atoms with Crippen molar-refractivity contribution in [3.8, 4) is 0 Å². The van der Waals surface area contributed by atoms with Gasteiger partial charge in [-0.1, -0.05) is 36.4 Å². The average molecular weight is 224 g/mol. The summed E-state index contributed by atoms with van der Waals surface area (Å²) >= 11 is 5.28. The summed E-state index contributed by atoms with van der Waals surface area (Å²) in [6, 6.07) is 9.91. The van der Waals surface area contributed by atoms with Crippen LogP contribution in [0.15, 0.2) is 36.4 Å². The molecule has 1 aliphatic heterocycles. The van der Waals surface area contributed by atoms with Crippen LogP contribution in [0.3, 0.4) is 0 Å². The number of hydroxylamine groups is 2. The second-order valence-electron chi connectivity index (χ2n) is 3.18. The molecule has 1 heterocycles. The van der Waals surface area contributed by atoms with Crippen molar-refractivity contribution in [1.82, 2.24) is 5.06 Å². The van der Waals surface area contributed by atoms with Gasteiger partial charge in [0.25, 0.3) is 0 Å². The van der Waals surface area contributed by atoms with Gasteiger partial charge in [0.15, 0.2) is 0 Å². The molecule has 78 valence electrons. The second-order valence-corrected chi connectivity index (χ2v) is 3.51. The smallest absolute Gasteiger partial charge is 0.265 e. The fraction of sp³-hybridized carbons (Fsp3) is 0.182. The zero-order valence-electron chi connectivity index (χ0n) is 8.02. The van der Waals surface area contributed by atoms with E-state index >= 15 is 0 Å². The molecule has 1 aliphatic rings. The summed E-state index contributed by atoms with van der Waals surface area (Å²) in [5.41, 5.74) is 2.18. The van der Waals surface area contributed by atoms with E-state index in [1.54, 1.807) is 0 Å². The van der Waals surface area contributed by atoms with Crippen LogP contribution in [-0.4, -0.2) is 23.6 Å². The maximum absolute atomic E-state index is 10.8. The Morgan fingerprint density at radius 3 is 2.60 bits per heavy atom. The Kier molecular flexibility index (Phi) is 3.04. The fourth-order valence-corrected chi connectivity index (χ4v) is 1.55. The highest BCUT2D eigenvalue weighted by molar-refractivity contribution is 6.62. The molecule has 0 saturated carbocycles. The van der Waals surface area contributed by atoms with E-state index in [-0.39, 0.29) is 0 Å². The summed E-state index contributed by atoms with van der Waals surface area (Å²) in [5, 5.41) is 0.548. The quantitative estimate of drug-likeness (QED) is 0.541. The van der Waals surface area contributed by atoms with Gasteiger partial charge in [0.1, 0.15) is 6.61 Å². The van der Waals surface area contributed by atoms with Crippen LogP contribution >= 0.6 is 11.6 Å². The molecule has 4 heteroatoms. The average Bonchev–Trinajstić information content (AvgIpc) is 2.30. The van der Waals surface area contributed by atoms with E-state index in [1.165, 1.54) is 0 Å². The molecule has 1 aromatic carbocycles. The summed E-state index contributed by atoms with van der Waals surface area (Å²) in [6.45, 7) is 0.773. The van der Waals surface area contributed by atoms with E-state index in [1.807, 2.05) is 36.4 Å². The zero-order valence-corrected chi connectivity index (χ0v) is 8.78. The molecule has 1 aromatic rings. The first-order chi connectivity index (χ1) is 7.27. The predicted molar refractivity (Wildman–Crippen MR) is 58.3 cm³/mol. The van der Waals surface area contributed by atoms with Gasteiger partial charge >= 0.3 is 5.37 Å². The van der Waals surface area contributed by atoms with Crippen LogP contribution in [0.25, 0.3) is 5.57 Å². The van der Waals surface area contributed by atoms with E-state index in [2.05, 4.69) is 0 Å². The van der Waals surface area contributed by atoms with Gasteiger partial charge in [-0.15, -0.1) is 0 Å². The van der Waals surface area contributed by atoms with Crippen LogP contribution in [0.4, 0.5) is 4.79 Å². The van der Waals surface area contributed by atoms with Gasteiger partial charge < -0.3 is 0 Å². The summed E-state index contributed by atoms with van der Waals surface area (Å²) < 4.78 is 0. The Morgan fingerprint density at radius 1 is 1.33 bits per heavy atom. The molecule has 0 fully saturated rings. The first-order valence-corrected chi connectivity index (χ1v) is 4.99. The monoisotopic (exact) mass is 223 g/mol. The molecule has 3 nitrogen and oxygen atoms in total. The van der Waals surface area contributed by atoms with Crippen molar-refractivity contribution in [2.45, 2.75) is 0 Å². The molecule has 0 N–H and O–H groups in total. The molecule has 0 atom stereocenters. The molecule has 2 rings (SSSR count). The van der Waals surface area contributed by atoms with Crippen LogP contribution in [-0.2, 0) is 4.84 Å². The SMILES string of the molecule is O=C(Cl)N1CC=C(c2ccccc2)CO1. The molecular weight excluding hydrogens is 214 g/mol. The summed E-state index contributed by atoms with van der Waals surface area (Å²) in [5.74, 6) is 0. The van der Waals surface area contributed by atoms with Crippen molar-refractivity contribution in [2.75, 3.05) is 13.2 Å². The van der Waals surface area contributed by atoms with Gasteiger partial charge in [0, 0.05) is 0 Å². The number of hydrogen-bond acceptors (Lipinski definition) is 2. The lowest BCUT2D eigenvalue weighted by atomic mass is 10.1. The standard InChI is InChI=1S/C11H10ClNO2/c12-11(14)13-7-6-10(8-15-13)9-4-2-1-3-5-9/h1-6H,7-8H2. The van der Waals surface area contributed by atoms with Crippen molar-refractivity contribution >= 4 is 22.5 Å². The van der Waals surface area contributed by atoms with Crippen LogP contribution < -0.4 is 0 Å². The van der Waals surface area contributed by atoms with Gasteiger partial charge in [-0.05, 0) is 22.7 Å². The van der Waals surface area contributed by atoms with Crippen LogP contribution in [0.2, 0.25) is 0 Å². The molecule has 0 radical (unpaired) electrons. The lowest BCUT2D eigenvalue weighted by molar-refractivity contribution is -0.0914. The number of amides is 1. The number of carbonyl (C=O) groups excluding carboxylic acids is 1. The van der Waals surface area contributed by atoms with Crippen LogP contribution in [0.1, 0.15) is 5.56 Å². The van der Waals surface area contributed by atoms with E-state index in [0.29, 0.717) is 13.2 Å². The number of rotatable bonds is 1. The minimum Gasteiger partial charge on any atom is -0.265 e. The first-order valence-electron chi connectivity index (χ1n) is 4.62. The van der Waals surface area contributed by atoms with E-state index in [9.17, 15) is 4.79 Å². The summed E-state index contributed by atoms with van der Waals surface area (Å²) in [7, 11) is 0. The second kappa shape index (κ2) is 4.47. The number of benzene rings is 1. The molecule has 15 heavy (non-hydrogen) atoms. The lowest BCUT2D eigenvalue weighted by Crippen LogP contribution is -2.30. The number of nitrogens with zero attached hydrogens (tertiary/aromatic N) is 1. The lowest BCUT2D eigenvalue weighted by Gasteiger charge is -2.23. The Bertz CT molecular complexity index is 389. The Hall–Kier alpha value is -1.32. The summed E-state index contributed by atoms with van der Waals surface area (Å²) in [6.07, 6.45) is 1.94. The molecule has 0 aromatic heterocycles. The Morgan fingerprint density at radius 2 is 2.07 bits per heavy atom. The molecule has 0 spiro atoms. The predicted octanol–water partition coefficient (Wildman–Crippen LogP) is 2.68. The van der Waals surface area contributed by atoms with E-state index in [4.69, 9.17) is 16.4 Å². The molecular formula is C11H10ClNO2. The first kappa shape index (κ1) is 10.2.